The third kappa shape index (κ3) is 3.58. The predicted molar refractivity (Wildman–Crippen MR) is 68.9 cm³/mol. The highest BCUT2D eigenvalue weighted by Crippen LogP contribution is 2.15. The lowest BCUT2D eigenvalue weighted by Gasteiger charge is -2.12. The van der Waals surface area contributed by atoms with E-state index in [0.29, 0.717) is 17.9 Å². The first-order valence-electron chi connectivity index (χ1n) is 6.12. The molecule has 2 aromatic rings. The number of nitrogens with two attached hydrogens (primary N) is 1. The SMILES string of the molecule is CN(C)CC(N)c1noc(Cc2ccc(F)cc2F)n1. The first-order valence-corrected chi connectivity index (χ1v) is 6.12. The molecule has 0 amide bonds. The lowest BCUT2D eigenvalue weighted by molar-refractivity contribution is 0.348. The van der Waals surface area contributed by atoms with Crippen molar-refractivity contribution < 1.29 is 13.3 Å². The van der Waals surface area contributed by atoms with Crippen molar-refractivity contribution in [3.05, 3.63) is 47.1 Å². The topological polar surface area (TPSA) is 68.2 Å². The predicted octanol–water partition coefficient (Wildman–Crippen LogP) is 1.50. The van der Waals surface area contributed by atoms with Crippen LogP contribution in [0.4, 0.5) is 8.78 Å². The van der Waals surface area contributed by atoms with Gasteiger partial charge in [-0.1, -0.05) is 11.2 Å². The van der Waals surface area contributed by atoms with Gasteiger partial charge in [-0.15, -0.1) is 0 Å². The van der Waals surface area contributed by atoms with Crippen molar-refractivity contribution in [2.45, 2.75) is 12.5 Å². The van der Waals surface area contributed by atoms with Gasteiger partial charge >= 0.3 is 0 Å². The van der Waals surface area contributed by atoms with Gasteiger partial charge in [0.05, 0.1) is 12.5 Å². The van der Waals surface area contributed by atoms with Gasteiger partial charge in [-0.25, -0.2) is 8.78 Å². The summed E-state index contributed by atoms with van der Waals surface area (Å²) in [5, 5.41) is 3.78. The Morgan fingerprint density at radius 3 is 2.75 bits per heavy atom. The molecule has 5 nitrogen and oxygen atoms in total. The van der Waals surface area contributed by atoms with E-state index < -0.39 is 11.6 Å². The Hall–Kier alpha value is -1.86. The van der Waals surface area contributed by atoms with E-state index in [2.05, 4.69) is 10.1 Å². The van der Waals surface area contributed by atoms with Crippen molar-refractivity contribution in [3.63, 3.8) is 0 Å². The summed E-state index contributed by atoms with van der Waals surface area (Å²) in [5.74, 6) is -0.635. The van der Waals surface area contributed by atoms with Crippen LogP contribution < -0.4 is 5.73 Å². The van der Waals surface area contributed by atoms with Crippen LogP contribution >= 0.6 is 0 Å². The Bertz CT molecular complexity index is 586. The maximum Gasteiger partial charge on any atom is 0.231 e. The minimum Gasteiger partial charge on any atom is -0.339 e. The largest absolute Gasteiger partial charge is 0.339 e. The first-order chi connectivity index (χ1) is 9.45. The quantitative estimate of drug-likeness (QED) is 0.900. The molecule has 1 aromatic heterocycles. The van der Waals surface area contributed by atoms with Crippen molar-refractivity contribution in [3.8, 4) is 0 Å². The van der Waals surface area contributed by atoms with Crippen LogP contribution in [0.2, 0.25) is 0 Å². The summed E-state index contributed by atoms with van der Waals surface area (Å²) in [6.07, 6.45) is 0.105. The Balaban J connectivity index is 2.09. The van der Waals surface area contributed by atoms with Gasteiger partial charge in [-0.2, -0.15) is 4.98 Å². The number of nitrogens with zero attached hydrogens (tertiary/aromatic N) is 3. The van der Waals surface area contributed by atoms with Gasteiger partial charge in [0.1, 0.15) is 11.6 Å². The molecule has 0 radical (unpaired) electrons. The molecule has 1 heterocycles. The molecule has 108 valence electrons. The molecule has 0 aliphatic carbocycles. The van der Waals surface area contributed by atoms with Crippen LogP contribution in [0.15, 0.2) is 22.7 Å². The molecule has 0 aliphatic rings. The zero-order chi connectivity index (χ0) is 14.7. The molecule has 0 fully saturated rings. The fourth-order valence-electron chi connectivity index (χ4n) is 1.79. The third-order valence-corrected chi connectivity index (χ3v) is 2.73. The van der Waals surface area contributed by atoms with Crippen LogP contribution in [0.1, 0.15) is 23.3 Å². The van der Waals surface area contributed by atoms with Crippen molar-refractivity contribution in [2.75, 3.05) is 20.6 Å². The van der Waals surface area contributed by atoms with Crippen molar-refractivity contribution in [2.24, 2.45) is 5.73 Å². The number of halogens is 2. The van der Waals surface area contributed by atoms with Crippen molar-refractivity contribution >= 4 is 0 Å². The van der Waals surface area contributed by atoms with Crippen molar-refractivity contribution in [1.82, 2.24) is 15.0 Å². The normalized spacial score (nSPS) is 12.9. The molecule has 0 aliphatic heterocycles. The Morgan fingerprint density at radius 1 is 1.35 bits per heavy atom. The average Bonchev–Trinajstić information content (AvgIpc) is 2.80. The van der Waals surface area contributed by atoms with Crippen LogP contribution in [0.5, 0.6) is 0 Å². The number of rotatable bonds is 5. The molecule has 1 unspecified atom stereocenters. The highest BCUT2D eigenvalue weighted by Gasteiger charge is 2.16. The lowest BCUT2D eigenvalue weighted by Crippen LogP contribution is -2.26. The maximum absolute atomic E-state index is 13.5. The molecule has 0 bridgehead atoms. The summed E-state index contributed by atoms with van der Waals surface area (Å²) in [4.78, 5) is 6.04. The van der Waals surface area contributed by atoms with Crippen LogP contribution in [0.3, 0.4) is 0 Å². The fraction of sp³-hybridized carbons (Fsp3) is 0.385. The summed E-state index contributed by atoms with van der Waals surface area (Å²) >= 11 is 0. The molecule has 1 atom stereocenters. The van der Waals surface area contributed by atoms with Gasteiger partial charge in [0.2, 0.25) is 5.89 Å². The van der Waals surface area contributed by atoms with Gasteiger partial charge in [-0.05, 0) is 25.7 Å². The second-order valence-electron chi connectivity index (χ2n) is 4.83. The molecular formula is C13H16F2N4O. The molecule has 20 heavy (non-hydrogen) atoms. The molecule has 1 aromatic carbocycles. The van der Waals surface area contributed by atoms with E-state index in [1.54, 1.807) is 0 Å². The maximum atomic E-state index is 13.5. The summed E-state index contributed by atoms with van der Waals surface area (Å²) in [7, 11) is 3.77. The van der Waals surface area contributed by atoms with Crippen LogP contribution in [0.25, 0.3) is 0 Å². The van der Waals surface area contributed by atoms with E-state index in [1.165, 1.54) is 12.1 Å². The number of hydrogen-bond acceptors (Lipinski definition) is 5. The number of likely N-dealkylation sites (N-methyl/N-ethyl adjacent to an activating group) is 1. The Kier molecular flexibility index (Phi) is 4.41. The van der Waals surface area contributed by atoms with E-state index in [1.807, 2.05) is 19.0 Å². The van der Waals surface area contributed by atoms with Gasteiger partial charge in [-0.3, -0.25) is 0 Å². The van der Waals surface area contributed by atoms with E-state index in [-0.39, 0.29) is 18.4 Å². The second kappa shape index (κ2) is 6.06. The van der Waals surface area contributed by atoms with Gasteiger partial charge in [0, 0.05) is 12.6 Å². The standard InChI is InChI=1S/C13H16F2N4O/c1-19(2)7-11(16)13-17-12(20-18-13)5-8-3-4-9(14)6-10(8)15/h3-4,6,11H,5,7,16H2,1-2H3. The summed E-state index contributed by atoms with van der Waals surface area (Å²) in [5.41, 5.74) is 6.20. The zero-order valence-electron chi connectivity index (χ0n) is 11.3. The highest BCUT2D eigenvalue weighted by atomic mass is 19.1. The molecule has 2 rings (SSSR count). The minimum absolute atomic E-state index is 0.105. The first kappa shape index (κ1) is 14.5. The van der Waals surface area contributed by atoms with E-state index in [4.69, 9.17) is 10.3 Å². The molecule has 0 spiro atoms. The number of benzene rings is 1. The van der Waals surface area contributed by atoms with E-state index >= 15 is 0 Å². The minimum atomic E-state index is -0.637. The molecule has 7 heteroatoms. The smallest absolute Gasteiger partial charge is 0.231 e. The van der Waals surface area contributed by atoms with E-state index in [9.17, 15) is 8.78 Å². The summed E-state index contributed by atoms with van der Waals surface area (Å²) in [6, 6.07) is 2.99. The Labute approximate surface area is 115 Å². The summed E-state index contributed by atoms with van der Waals surface area (Å²) < 4.78 is 31.4. The molecule has 2 N–H and O–H groups in total. The zero-order valence-corrected chi connectivity index (χ0v) is 11.3. The van der Waals surface area contributed by atoms with E-state index in [0.717, 1.165) is 6.07 Å². The van der Waals surface area contributed by atoms with Crippen LogP contribution in [0, 0.1) is 11.6 Å². The van der Waals surface area contributed by atoms with Crippen molar-refractivity contribution in [1.29, 1.82) is 0 Å². The lowest BCUT2D eigenvalue weighted by atomic mass is 10.1. The molecule has 0 saturated carbocycles. The summed E-state index contributed by atoms with van der Waals surface area (Å²) in [6.45, 7) is 0.573. The average molecular weight is 282 g/mol. The van der Waals surface area contributed by atoms with Crippen LogP contribution in [-0.2, 0) is 6.42 Å². The monoisotopic (exact) mass is 282 g/mol. The molecular weight excluding hydrogens is 266 g/mol. The second-order valence-corrected chi connectivity index (χ2v) is 4.83. The fourth-order valence-corrected chi connectivity index (χ4v) is 1.79. The van der Waals surface area contributed by atoms with Gasteiger partial charge in [0.15, 0.2) is 5.82 Å². The highest BCUT2D eigenvalue weighted by molar-refractivity contribution is 5.21. The number of aromatic nitrogens is 2. The van der Waals surface area contributed by atoms with Gasteiger partial charge in [0.25, 0.3) is 0 Å². The Morgan fingerprint density at radius 2 is 2.10 bits per heavy atom. The third-order valence-electron chi connectivity index (χ3n) is 2.73. The number of hydrogen-bond donors (Lipinski definition) is 1. The molecule has 0 saturated heterocycles. The van der Waals surface area contributed by atoms with Gasteiger partial charge < -0.3 is 15.2 Å². The van der Waals surface area contributed by atoms with Crippen LogP contribution in [-0.4, -0.2) is 35.7 Å².